The number of benzene rings is 2. The molecule has 1 amide bonds. The highest BCUT2D eigenvalue weighted by molar-refractivity contribution is 5.87. The van der Waals surface area contributed by atoms with E-state index < -0.39 is 5.63 Å². The third-order valence-corrected chi connectivity index (χ3v) is 6.78. The van der Waals surface area contributed by atoms with E-state index in [4.69, 9.17) is 4.42 Å². The molecule has 1 aliphatic carbocycles. The smallest absolute Gasteiger partial charge is 0.339 e. The summed E-state index contributed by atoms with van der Waals surface area (Å²) in [6, 6.07) is 7.83. The van der Waals surface area contributed by atoms with Crippen LogP contribution in [-0.2, 0) is 17.6 Å². The largest absolute Gasteiger partial charge is 0.508 e. The number of hydrogen-bond acceptors (Lipinski definition) is 4. The number of aromatic nitrogens is 1. The summed E-state index contributed by atoms with van der Waals surface area (Å²) in [7, 11) is 0. The summed E-state index contributed by atoms with van der Waals surface area (Å²) >= 11 is 0. The molecule has 1 aliphatic rings. The van der Waals surface area contributed by atoms with E-state index in [1.54, 1.807) is 25.1 Å². The van der Waals surface area contributed by atoms with Gasteiger partial charge in [0.2, 0.25) is 5.91 Å². The molecule has 1 unspecified atom stereocenters. The van der Waals surface area contributed by atoms with E-state index in [1.807, 2.05) is 6.92 Å². The molecule has 170 valence electrons. The van der Waals surface area contributed by atoms with Crippen molar-refractivity contribution in [3.63, 3.8) is 0 Å². The van der Waals surface area contributed by atoms with E-state index in [1.165, 1.54) is 12.1 Å². The summed E-state index contributed by atoms with van der Waals surface area (Å²) in [6.45, 7) is 3.53. The number of rotatable bonds is 4. The maximum Gasteiger partial charge on any atom is 0.339 e. The maximum atomic E-state index is 13.7. The number of hydrogen-bond donors (Lipinski definition) is 3. The van der Waals surface area contributed by atoms with Crippen LogP contribution in [0.2, 0.25) is 0 Å². The molecule has 3 N–H and O–H groups in total. The van der Waals surface area contributed by atoms with Crippen LogP contribution < -0.4 is 10.9 Å². The van der Waals surface area contributed by atoms with Crippen LogP contribution in [0.4, 0.5) is 4.39 Å². The second-order valence-electron chi connectivity index (χ2n) is 8.80. The number of aryl methyl sites for hydroxylation is 3. The van der Waals surface area contributed by atoms with Crippen LogP contribution in [-0.4, -0.2) is 16.0 Å². The van der Waals surface area contributed by atoms with Crippen molar-refractivity contribution in [1.82, 2.24) is 10.3 Å². The van der Waals surface area contributed by atoms with Crippen molar-refractivity contribution in [1.29, 1.82) is 0 Å². The van der Waals surface area contributed by atoms with E-state index >= 15 is 0 Å². The Morgan fingerprint density at radius 2 is 2.03 bits per heavy atom. The monoisotopic (exact) mass is 448 g/mol. The second-order valence-corrected chi connectivity index (χ2v) is 8.80. The molecule has 1 atom stereocenters. The van der Waals surface area contributed by atoms with Gasteiger partial charge in [-0.1, -0.05) is 0 Å². The third-order valence-electron chi connectivity index (χ3n) is 6.78. The van der Waals surface area contributed by atoms with Crippen molar-refractivity contribution >= 4 is 27.8 Å². The van der Waals surface area contributed by atoms with Gasteiger partial charge >= 0.3 is 5.63 Å². The number of aromatic hydroxyl groups is 1. The standard InChI is InChI=1S/C26H25FN2O4/c1-13-16-7-10-22(30)14(2)25(16)33-26(32)17(13)8-11-23(31)28-21-5-3-4-18-19-12-15(27)6-9-20(19)29-24(18)21/h6-7,9-10,12,21,29-30H,3-5,8,11H2,1-2H3,(H,28,31). The number of aromatic amines is 1. The van der Waals surface area contributed by atoms with Crippen molar-refractivity contribution in [3.05, 3.63) is 74.5 Å². The molecule has 4 aromatic rings. The van der Waals surface area contributed by atoms with Gasteiger partial charge in [-0.15, -0.1) is 0 Å². The van der Waals surface area contributed by atoms with Gasteiger partial charge in [-0.05, 0) is 81.0 Å². The lowest BCUT2D eigenvalue weighted by Gasteiger charge is -2.24. The maximum absolute atomic E-state index is 13.7. The molecule has 7 heteroatoms. The fourth-order valence-electron chi connectivity index (χ4n) is 4.95. The number of fused-ring (bicyclic) bond motifs is 4. The molecule has 0 saturated heterocycles. The Labute approximate surface area is 189 Å². The van der Waals surface area contributed by atoms with Crippen molar-refractivity contribution in [3.8, 4) is 5.75 Å². The molecular weight excluding hydrogens is 423 g/mol. The molecule has 2 heterocycles. The molecule has 2 aromatic carbocycles. The van der Waals surface area contributed by atoms with Crippen molar-refractivity contribution in [2.45, 2.75) is 52.0 Å². The lowest BCUT2D eigenvalue weighted by Crippen LogP contribution is -2.31. The number of carbonyl (C=O) groups is 1. The minimum atomic E-state index is -0.487. The van der Waals surface area contributed by atoms with E-state index in [0.29, 0.717) is 16.7 Å². The van der Waals surface area contributed by atoms with Gasteiger partial charge in [0, 0.05) is 39.5 Å². The summed E-state index contributed by atoms with van der Waals surface area (Å²) in [4.78, 5) is 28.7. The molecule has 0 spiro atoms. The highest BCUT2D eigenvalue weighted by Crippen LogP contribution is 2.35. The molecule has 33 heavy (non-hydrogen) atoms. The molecule has 0 radical (unpaired) electrons. The number of amides is 1. The molecular formula is C26H25FN2O4. The Balaban J connectivity index is 1.35. The number of nitrogens with one attached hydrogen (secondary N) is 2. The zero-order chi connectivity index (χ0) is 23.3. The van der Waals surface area contributed by atoms with Crippen molar-refractivity contribution < 1.29 is 18.7 Å². The van der Waals surface area contributed by atoms with Crippen LogP contribution in [0.25, 0.3) is 21.9 Å². The summed E-state index contributed by atoms with van der Waals surface area (Å²) in [5, 5.41) is 14.6. The van der Waals surface area contributed by atoms with Gasteiger partial charge in [-0.25, -0.2) is 9.18 Å². The molecule has 0 aliphatic heterocycles. The van der Waals surface area contributed by atoms with E-state index in [0.717, 1.165) is 52.4 Å². The fourth-order valence-corrected chi connectivity index (χ4v) is 4.95. The highest BCUT2D eigenvalue weighted by atomic mass is 19.1. The van der Waals surface area contributed by atoms with Crippen LogP contribution >= 0.6 is 0 Å². The summed E-state index contributed by atoms with van der Waals surface area (Å²) in [6.07, 6.45) is 2.95. The van der Waals surface area contributed by atoms with E-state index in [2.05, 4.69) is 10.3 Å². The van der Waals surface area contributed by atoms with Crippen LogP contribution in [0.15, 0.2) is 39.5 Å². The quantitative estimate of drug-likeness (QED) is 0.389. The van der Waals surface area contributed by atoms with Crippen LogP contribution in [0.5, 0.6) is 5.75 Å². The van der Waals surface area contributed by atoms with E-state index in [9.17, 15) is 19.1 Å². The first kappa shape index (κ1) is 21.2. The normalized spacial score (nSPS) is 15.7. The topological polar surface area (TPSA) is 95.3 Å². The molecule has 2 aromatic heterocycles. The zero-order valence-electron chi connectivity index (χ0n) is 18.5. The van der Waals surface area contributed by atoms with Crippen LogP contribution in [0, 0.1) is 19.7 Å². The van der Waals surface area contributed by atoms with Gasteiger partial charge in [0.15, 0.2) is 0 Å². The Bertz CT molecular complexity index is 1470. The minimum absolute atomic E-state index is 0.0729. The lowest BCUT2D eigenvalue weighted by molar-refractivity contribution is -0.121. The predicted molar refractivity (Wildman–Crippen MR) is 124 cm³/mol. The Hall–Kier alpha value is -3.61. The summed E-state index contributed by atoms with van der Waals surface area (Å²) in [5.41, 5.74) is 4.49. The average Bonchev–Trinajstić information content (AvgIpc) is 3.15. The molecule has 6 nitrogen and oxygen atoms in total. The van der Waals surface area contributed by atoms with Gasteiger partial charge in [0.25, 0.3) is 0 Å². The first-order valence-electron chi connectivity index (χ1n) is 11.2. The van der Waals surface area contributed by atoms with Crippen molar-refractivity contribution in [2.75, 3.05) is 0 Å². The highest BCUT2D eigenvalue weighted by Gasteiger charge is 2.26. The Morgan fingerprint density at radius 1 is 1.21 bits per heavy atom. The lowest BCUT2D eigenvalue weighted by atomic mass is 9.91. The predicted octanol–water partition coefficient (Wildman–Crippen LogP) is 4.86. The molecule has 0 bridgehead atoms. The number of phenols is 1. The minimum Gasteiger partial charge on any atom is -0.508 e. The zero-order valence-corrected chi connectivity index (χ0v) is 18.5. The Morgan fingerprint density at radius 3 is 2.85 bits per heavy atom. The van der Waals surface area contributed by atoms with Gasteiger partial charge in [-0.2, -0.15) is 0 Å². The number of halogens is 1. The van der Waals surface area contributed by atoms with Crippen LogP contribution in [0.1, 0.15) is 53.3 Å². The van der Waals surface area contributed by atoms with Gasteiger partial charge in [-0.3, -0.25) is 4.79 Å². The van der Waals surface area contributed by atoms with Gasteiger partial charge in [0.1, 0.15) is 17.1 Å². The number of H-pyrrole nitrogens is 1. The average molecular weight is 448 g/mol. The first-order valence-corrected chi connectivity index (χ1v) is 11.2. The summed E-state index contributed by atoms with van der Waals surface area (Å²) < 4.78 is 19.2. The van der Waals surface area contributed by atoms with Gasteiger partial charge < -0.3 is 19.8 Å². The summed E-state index contributed by atoms with van der Waals surface area (Å²) in [5.74, 6) is -0.354. The van der Waals surface area contributed by atoms with Crippen LogP contribution in [0.3, 0.4) is 0 Å². The number of phenolic OH excluding ortho intramolecular Hbond substituents is 1. The molecule has 0 fully saturated rings. The number of carbonyl (C=O) groups excluding carboxylic acids is 1. The van der Waals surface area contributed by atoms with E-state index in [-0.39, 0.29) is 36.4 Å². The van der Waals surface area contributed by atoms with Gasteiger partial charge in [0.05, 0.1) is 6.04 Å². The van der Waals surface area contributed by atoms with Crippen molar-refractivity contribution in [2.24, 2.45) is 0 Å². The third kappa shape index (κ3) is 3.67. The second kappa shape index (κ2) is 8.06. The Kier molecular flexibility index (Phi) is 5.19. The molecule has 5 rings (SSSR count). The fraction of sp³-hybridized carbons (Fsp3) is 0.308. The molecule has 0 saturated carbocycles. The first-order chi connectivity index (χ1) is 15.8. The SMILES string of the molecule is Cc1c(CCC(=O)NC2CCCc3c2[nH]c2ccc(F)cc32)c(=O)oc2c(C)c(O)ccc12.